The number of hydrogen-bond donors (Lipinski definition) is 1. The lowest BCUT2D eigenvalue weighted by atomic mass is 10.2. The van der Waals surface area contributed by atoms with Gasteiger partial charge in [0.2, 0.25) is 0 Å². The van der Waals surface area contributed by atoms with Crippen molar-refractivity contribution in [3.63, 3.8) is 0 Å². The summed E-state index contributed by atoms with van der Waals surface area (Å²) in [6.45, 7) is 6.74. The Bertz CT molecular complexity index is 680. The zero-order chi connectivity index (χ0) is 16.9. The lowest BCUT2D eigenvalue weighted by Gasteiger charge is -2.34. The molecule has 1 N–H and O–H groups in total. The van der Waals surface area contributed by atoms with E-state index in [0.717, 1.165) is 54.0 Å². The first-order valence-corrected chi connectivity index (χ1v) is 9.37. The van der Waals surface area contributed by atoms with E-state index in [0.29, 0.717) is 6.54 Å². The summed E-state index contributed by atoms with van der Waals surface area (Å²) < 4.78 is 0. The molecule has 1 fully saturated rings. The van der Waals surface area contributed by atoms with Gasteiger partial charge in [0, 0.05) is 48.7 Å². The molecule has 0 saturated carbocycles. The number of urea groups is 1. The number of rotatable bonds is 4. The monoisotopic (exact) mass is 364 g/mol. The molecule has 128 valence electrons. The zero-order valence-corrected chi connectivity index (χ0v) is 15.2. The number of benzene rings is 1. The van der Waals surface area contributed by atoms with Gasteiger partial charge in [-0.3, -0.25) is 4.90 Å². The highest BCUT2D eigenvalue weighted by atomic mass is 35.5. The molecule has 3 rings (SSSR count). The second-order valence-corrected chi connectivity index (χ2v) is 7.11. The van der Waals surface area contributed by atoms with E-state index in [9.17, 15) is 4.79 Å². The summed E-state index contributed by atoms with van der Waals surface area (Å²) in [7, 11) is 0. The number of carbonyl (C=O) groups excluding carboxylic acids is 1. The molecule has 5 nitrogen and oxygen atoms in total. The minimum absolute atomic E-state index is 0.0384. The molecule has 2 amide bonds. The van der Waals surface area contributed by atoms with Gasteiger partial charge in [-0.15, -0.1) is 11.3 Å². The van der Waals surface area contributed by atoms with Crippen molar-refractivity contribution in [1.82, 2.24) is 20.1 Å². The Morgan fingerprint density at radius 2 is 1.96 bits per heavy atom. The van der Waals surface area contributed by atoms with Crippen molar-refractivity contribution in [3.8, 4) is 11.3 Å². The van der Waals surface area contributed by atoms with Crippen molar-refractivity contribution in [1.29, 1.82) is 0 Å². The predicted octanol–water partition coefficient (Wildman–Crippen LogP) is 3.31. The number of thiazole rings is 1. The molecule has 1 aliphatic heterocycles. The van der Waals surface area contributed by atoms with Gasteiger partial charge in [0.1, 0.15) is 5.01 Å². The van der Waals surface area contributed by atoms with E-state index in [1.165, 1.54) is 0 Å². The lowest BCUT2D eigenvalue weighted by Crippen LogP contribution is -2.51. The van der Waals surface area contributed by atoms with Gasteiger partial charge < -0.3 is 10.2 Å². The molecule has 0 bridgehead atoms. The van der Waals surface area contributed by atoms with Crippen LogP contribution in [-0.4, -0.2) is 53.5 Å². The molecule has 1 saturated heterocycles. The number of hydrogen-bond acceptors (Lipinski definition) is 4. The van der Waals surface area contributed by atoms with Crippen molar-refractivity contribution in [2.45, 2.75) is 13.5 Å². The molecule has 0 radical (unpaired) electrons. The maximum atomic E-state index is 11.8. The van der Waals surface area contributed by atoms with E-state index in [4.69, 9.17) is 16.6 Å². The summed E-state index contributed by atoms with van der Waals surface area (Å²) in [5, 5.41) is 6.78. The van der Waals surface area contributed by atoms with Crippen LogP contribution < -0.4 is 5.32 Å². The van der Waals surface area contributed by atoms with E-state index < -0.39 is 0 Å². The smallest absolute Gasteiger partial charge is 0.317 e. The Morgan fingerprint density at radius 1 is 1.25 bits per heavy atom. The summed E-state index contributed by atoms with van der Waals surface area (Å²) in [5.41, 5.74) is 2.08. The van der Waals surface area contributed by atoms with Crippen LogP contribution in [0.5, 0.6) is 0 Å². The highest BCUT2D eigenvalue weighted by molar-refractivity contribution is 7.09. The number of piperazine rings is 1. The highest BCUT2D eigenvalue weighted by Gasteiger charge is 2.21. The number of halogens is 1. The maximum absolute atomic E-state index is 11.8. The normalized spacial score (nSPS) is 15.5. The fourth-order valence-electron chi connectivity index (χ4n) is 2.70. The Morgan fingerprint density at radius 3 is 2.62 bits per heavy atom. The average Bonchev–Trinajstić information content (AvgIpc) is 3.05. The van der Waals surface area contributed by atoms with Crippen LogP contribution in [0.25, 0.3) is 11.3 Å². The molecule has 0 atom stereocenters. The molecule has 0 spiro atoms. The van der Waals surface area contributed by atoms with Gasteiger partial charge in [-0.05, 0) is 19.1 Å². The second-order valence-electron chi connectivity index (χ2n) is 5.73. The van der Waals surface area contributed by atoms with Crippen LogP contribution in [0.2, 0.25) is 5.02 Å². The summed E-state index contributed by atoms with van der Waals surface area (Å²) in [6.07, 6.45) is 0. The first-order chi connectivity index (χ1) is 11.7. The van der Waals surface area contributed by atoms with Crippen LogP contribution in [-0.2, 0) is 6.54 Å². The van der Waals surface area contributed by atoms with Gasteiger partial charge in [0.25, 0.3) is 0 Å². The molecular weight excluding hydrogens is 344 g/mol. The Balaban J connectivity index is 1.54. The first kappa shape index (κ1) is 17.2. The van der Waals surface area contributed by atoms with Crippen LogP contribution in [0.15, 0.2) is 29.6 Å². The van der Waals surface area contributed by atoms with Gasteiger partial charge in [0.05, 0.1) is 12.2 Å². The third kappa shape index (κ3) is 4.26. The quantitative estimate of drug-likeness (QED) is 0.905. The van der Waals surface area contributed by atoms with E-state index in [-0.39, 0.29) is 6.03 Å². The van der Waals surface area contributed by atoms with Crippen molar-refractivity contribution < 1.29 is 4.79 Å². The van der Waals surface area contributed by atoms with Crippen LogP contribution in [0.4, 0.5) is 4.79 Å². The molecule has 1 aromatic carbocycles. The molecule has 2 heterocycles. The number of nitrogens with one attached hydrogen (secondary N) is 1. The zero-order valence-electron chi connectivity index (χ0n) is 13.7. The van der Waals surface area contributed by atoms with Crippen LogP contribution in [0.1, 0.15) is 11.9 Å². The Kier molecular flexibility index (Phi) is 5.71. The van der Waals surface area contributed by atoms with Crippen LogP contribution in [0, 0.1) is 0 Å². The summed E-state index contributed by atoms with van der Waals surface area (Å²) in [5.74, 6) is 0. The van der Waals surface area contributed by atoms with Gasteiger partial charge in [-0.2, -0.15) is 0 Å². The third-order valence-corrected chi connectivity index (χ3v) is 5.12. The van der Waals surface area contributed by atoms with Crippen molar-refractivity contribution in [2.75, 3.05) is 32.7 Å². The minimum atomic E-state index is 0.0384. The summed E-state index contributed by atoms with van der Waals surface area (Å²) in [4.78, 5) is 20.8. The summed E-state index contributed by atoms with van der Waals surface area (Å²) in [6, 6.07) is 7.79. The third-order valence-electron chi connectivity index (χ3n) is 4.04. The lowest BCUT2D eigenvalue weighted by molar-refractivity contribution is 0.135. The van der Waals surface area contributed by atoms with E-state index in [1.54, 1.807) is 11.3 Å². The van der Waals surface area contributed by atoms with E-state index >= 15 is 0 Å². The van der Waals surface area contributed by atoms with Gasteiger partial charge in [0.15, 0.2) is 0 Å². The standard InChI is InChI=1S/C17H21ClN4OS/c1-2-19-17(23)22-9-7-21(8-10-22)11-16-20-15(12-24-16)13-3-5-14(18)6-4-13/h3-6,12H,2,7-11H2,1H3,(H,19,23). The summed E-state index contributed by atoms with van der Waals surface area (Å²) >= 11 is 7.61. The molecule has 0 unspecified atom stereocenters. The minimum Gasteiger partial charge on any atom is -0.338 e. The van der Waals surface area contributed by atoms with Crippen molar-refractivity contribution in [2.24, 2.45) is 0 Å². The SMILES string of the molecule is CCNC(=O)N1CCN(Cc2nc(-c3ccc(Cl)cc3)cs2)CC1. The molecular formula is C17H21ClN4OS. The number of amides is 2. The van der Waals surface area contributed by atoms with Gasteiger partial charge in [-0.25, -0.2) is 9.78 Å². The second kappa shape index (κ2) is 7.96. The molecule has 24 heavy (non-hydrogen) atoms. The molecule has 2 aromatic rings. The molecule has 7 heteroatoms. The number of nitrogens with zero attached hydrogens (tertiary/aromatic N) is 3. The highest BCUT2D eigenvalue weighted by Crippen LogP contribution is 2.24. The van der Waals surface area contributed by atoms with Crippen LogP contribution in [0.3, 0.4) is 0 Å². The van der Waals surface area contributed by atoms with Crippen molar-refractivity contribution >= 4 is 29.0 Å². The fraction of sp³-hybridized carbons (Fsp3) is 0.412. The average molecular weight is 365 g/mol. The number of aromatic nitrogens is 1. The predicted molar refractivity (Wildman–Crippen MR) is 98.5 cm³/mol. The van der Waals surface area contributed by atoms with Crippen molar-refractivity contribution in [3.05, 3.63) is 39.7 Å². The molecule has 1 aromatic heterocycles. The topological polar surface area (TPSA) is 48.5 Å². The molecule has 0 aliphatic carbocycles. The van der Waals surface area contributed by atoms with Gasteiger partial charge >= 0.3 is 6.03 Å². The Labute approximate surface area is 151 Å². The maximum Gasteiger partial charge on any atom is 0.317 e. The van der Waals surface area contributed by atoms with Gasteiger partial charge in [-0.1, -0.05) is 23.7 Å². The van der Waals surface area contributed by atoms with E-state index in [2.05, 4.69) is 15.6 Å². The largest absolute Gasteiger partial charge is 0.338 e. The first-order valence-electron chi connectivity index (χ1n) is 8.11. The molecule has 1 aliphatic rings. The Hall–Kier alpha value is -1.63. The fourth-order valence-corrected chi connectivity index (χ4v) is 3.67. The van der Waals surface area contributed by atoms with E-state index in [1.807, 2.05) is 36.1 Å². The number of carbonyl (C=O) groups is 1. The van der Waals surface area contributed by atoms with Crippen LogP contribution >= 0.6 is 22.9 Å².